The van der Waals surface area contributed by atoms with Gasteiger partial charge in [0.1, 0.15) is 5.69 Å². The number of aromatic nitrogens is 1. The van der Waals surface area contributed by atoms with Crippen molar-refractivity contribution in [2.45, 2.75) is 0 Å². The molecule has 0 unspecified atom stereocenters. The highest BCUT2D eigenvalue weighted by Gasteiger charge is 2.16. The van der Waals surface area contributed by atoms with Crippen molar-refractivity contribution in [2.24, 2.45) is 0 Å². The summed E-state index contributed by atoms with van der Waals surface area (Å²) in [5, 5.41) is 21.5. The average molecular weight is 247 g/mol. The standard InChI is InChI=1S/C11H9N3O4/c15-11(16)12-9-4-3-8(7-10(9)14(17)18)13-5-1-2-6-13/h1-7,12H,(H,15,16). The lowest BCUT2D eigenvalue weighted by Crippen LogP contribution is -2.09. The van der Waals surface area contributed by atoms with Crippen molar-refractivity contribution >= 4 is 17.5 Å². The lowest BCUT2D eigenvalue weighted by Gasteiger charge is -2.06. The van der Waals surface area contributed by atoms with E-state index in [2.05, 4.69) is 0 Å². The zero-order chi connectivity index (χ0) is 13.1. The Kier molecular flexibility index (Phi) is 2.96. The number of amides is 1. The SMILES string of the molecule is O=C(O)Nc1ccc(-n2cccc2)cc1[N+](=O)[O-]. The fourth-order valence-corrected chi connectivity index (χ4v) is 1.56. The first-order valence-electron chi connectivity index (χ1n) is 4.99. The number of nitrogens with one attached hydrogen (secondary N) is 1. The summed E-state index contributed by atoms with van der Waals surface area (Å²) >= 11 is 0. The summed E-state index contributed by atoms with van der Waals surface area (Å²) in [6.45, 7) is 0. The van der Waals surface area contributed by atoms with Gasteiger partial charge in [-0.1, -0.05) is 0 Å². The summed E-state index contributed by atoms with van der Waals surface area (Å²) in [5.41, 5.74) is 0.245. The van der Waals surface area contributed by atoms with E-state index in [1.165, 1.54) is 12.1 Å². The van der Waals surface area contributed by atoms with Crippen molar-refractivity contribution in [3.8, 4) is 5.69 Å². The molecule has 7 heteroatoms. The molecule has 92 valence electrons. The summed E-state index contributed by atoms with van der Waals surface area (Å²) in [6, 6.07) is 7.84. The smallest absolute Gasteiger partial charge is 0.409 e. The molecule has 0 atom stereocenters. The summed E-state index contributed by atoms with van der Waals surface area (Å²) in [4.78, 5) is 20.8. The van der Waals surface area contributed by atoms with Crippen LogP contribution >= 0.6 is 0 Å². The number of carboxylic acid groups (broad SMARTS) is 1. The van der Waals surface area contributed by atoms with Crippen molar-refractivity contribution in [2.75, 3.05) is 5.32 Å². The van der Waals surface area contributed by atoms with Gasteiger partial charge in [0.05, 0.1) is 10.6 Å². The minimum Gasteiger partial charge on any atom is -0.465 e. The number of nitro benzene ring substituents is 1. The maximum Gasteiger partial charge on any atom is 0.409 e. The van der Waals surface area contributed by atoms with Crippen molar-refractivity contribution in [3.05, 3.63) is 52.8 Å². The van der Waals surface area contributed by atoms with Gasteiger partial charge in [-0.25, -0.2) is 4.79 Å². The fourth-order valence-electron chi connectivity index (χ4n) is 1.56. The van der Waals surface area contributed by atoms with E-state index < -0.39 is 11.0 Å². The predicted octanol–water partition coefficient (Wildman–Crippen LogP) is 2.48. The molecule has 18 heavy (non-hydrogen) atoms. The van der Waals surface area contributed by atoms with Crippen LogP contribution in [0.3, 0.4) is 0 Å². The molecular weight excluding hydrogens is 238 g/mol. The highest BCUT2D eigenvalue weighted by molar-refractivity contribution is 5.86. The minimum atomic E-state index is -1.34. The van der Waals surface area contributed by atoms with Crippen LogP contribution in [0.2, 0.25) is 0 Å². The van der Waals surface area contributed by atoms with Crippen molar-refractivity contribution in [3.63, 3.8) is 0 Å². The zero-order valence-corrected chi connectivity index (χ0v) is 9.11. The number of hydrogen-bond acceptors (Lipinski definition) is 3. The Balaban J connectivity index is 2.46. The normalized spacial score (nSPS) is 10.0. The van der Waals surface area contributed by atoms with Crippen LogP contribution < -0.4 is 5.32 Å². The molecule has 0 aliphatic carbocycles. The van der Waals surface area contributed by atoms with Gasteiger partial charge in [0.15, 0.2) is 0 Å². The third-order valence-electron chi connectivity index (χ3n) is 2.32. The zero-order valence-electron chi connectivity index (χ0n) is 9.11. The van der Waals surface area contributed by atoms with E-state index in [4.69, 9.17) is 5.11 Å². The number of nitro groups is 1. The van der Waals surface area contributed by atoms with Gasteiger partial charge >= 0.3 is 6.09 Å². The molecule has 7 nitrogen and oxygen atoms in total. The Morgan fingerprint density at radius 2 is 2.00 bits per heavy atom. The molecule has 0 radical (unpaired) electrons. The van der Waals surface area contributed by atoms with E-state index in [1.54, 1.807) is 35.2 Å². The predicted molar refractivity (Wildman–Crippen MR) is 64.1 cm³/mol. The Morgan fingerprint density at radius 1 is 1.33 bits per heavy atom. The first-order valence-corrected chi connectivity index (χ1v) is 4.99. The van der Waals surface area contributed by atoms with Gasteiger partial charge in [-0.2, -0.15) is 0 Å². The van der Waals surface area contributed by atoms with Crippen LogP contribution in [-0.2, 0) is 0 Å². The number of nitrogens with zero attached hydrogens (tertiary/aromatic N) is 2. The molecule has 0 fully saturated rings. The summed E-state index contributed by atoms with van der Waals surface area (Å²) in [6.07, 6.45) is 2.14. The van der Waals surface area contributed by atoms with E-state index in [9.17, 15) is 14.9 Å². The molecule has 1 aromatic heterocycles. The fraction of sp³-hybridized carbons (Fsp3) is 0. The molecule has 0 bridgehead atoms. The first kappa shape index (κ1) is 11.6. The van der Waals surface area contributed by atoms with Crippen LogP contribution in [0.1, 0.15) is 0 Å². The van der Waals surface area contributed by atoms with Crippen LogP contribution in [0.5, 0.6) is 0 Å². The van der Waals surface area contributed by atoms with E-state index in [0.717, 1.165) is 0 Å². The van der Waals surface area contributed by atoms with Crippen LogP contribution in [0, 0.1) is 10.1 Å². The number of benzene rings is 1. The van der Waals surface area contributed by atoms with E-state index in [1.807, 2.05) is 5.32 Å². The molecule has 1 heterocycles. The molecule has 0 aliphatic rings. The van der Waals surface area contributed by atoms with Crippen molar-refractivity contribution < 1.29 is 14.8 Å². The van der Waals surface area contributed by atoms with Crippen LogP contribution in [-0.4, -0.2) is 20.7 Å². The van der Waals surface area contributed by atoms with Crippen molar-refractivity contribution in [1.82, 2.24) is 4.57 Å². The highest BCUT2D eigenvalue weighted by atomic mass is 16.6. The number of carbonyl (C=O) groups is 1. The molecule has 2 aromatic rings. The lowest BCUT2D eigenvalue weighted by atomic mass is 10.2. The first-order chi connectivity index (χ1) is 8.58. The van der Waals surface area contributed by atoms with Crippen LogP contribution in [0.15, 0.2) is 42.7 Å². The van der Waals surface area contributed by atoms with E-state index in [-0.39, 0.29) is 11.4 Å². The Morgan fingerprint density at radius 3 is 2.56 bits per heavy atom. The van der Waals surface area contributed by atoms with Gasteiger partial charge in [-0.15, -0.1) is 0 Å². The molecule has 1 amide bonds. The maximum atomic E-state index is 10.9. The van der Waals surface area contributed by atoms with Gasteiger partial charge in [0, 0.05) is 18.5 Å². The summed E-state index contributed by atoms with van der Waals surface area (Å²) in [7, 11) is 0. The number of anilines is 1. The second-order valence-electron chi connectivity index (χ2n) is 3.48. The largest absolute Gasteiger partial charge is 0.465 e. The van der Waals surface area contributed by atoms with Crippen LogP contribution in [0.4, 0.5) is 16.2 Å². The topological polar surface area (TPSA) is 97.4 Å². The van der Waals surface area contributed by atoms with Gasteiger partial charge < -0.3 is 9.67 Å². The number of hydrogen-bond donors (Lipinski definition) is 2. The Hall–Kier alpha value is -2.83. The molecule has 0 aliphatic heterocycles. The monoisotopic (exact) mass is 247 g/mol. The third kappa shape index (κ3) is 2.29. The Bertz CT molecular complexity index is 592. The van der Waals surface area contributed by atoms with Gasteiger partial charge in [-0.3, -0.25) is 15.4 Å². The quantitative estimate of drug-likeness (QED) is 0.643. The molecule has 0 saturated carbocycles. The minimum absolute atomic E-state index is 0.0524. The molecule has 0 saturated heterocycles. The molecule has 0 spiro atoms. The maximum absolute atomic E-state index is 10.9. The molecule has 2 N–H and O–H groups in total. The highest BCUT2D eigenvalue weighted by Crippen LogP contribution is 2.27. The van der Waals surface area contributed by atoms with Crippen molar-refractivity contribution in [1.29, 1.82) is 0 Å². The van der Waals surface area contributed by atoms with Gasteiger partial charge in [-0.05, 0) is 24.3 Å². The van der Waals surface area contributed by atoms with Crippen LogP contribution in [0.25, 0.3) is 5.69 Å². The van der Waals surface area contributed by atoms with E-state index in [0.29, 0.717) is 5.69 Å². The van der Waals surface area contributed by atoms with Gasteiger partial charge in [0.2, 0.25) is 0 Å². The Labute approximate surface area is 101 Å². The van der Waals surface area contributed by atoms with E-state index >= 15 is 0 Å². The second-order valence-corrected chi connectivity index (χ2v) is 3.48. The lowest BCUT2D eigenvalue weighted by molar-refractivity contribution is -0.383. The second kappa shape index (κ2) is 4.58. The summed E-state index contributed by atoms with van der Waals surface area (Å²) in [5.74, 6) is 0. The molecular formula is C11H9N3O4. The third-order valence-corrected chi connectivity index (χ3v) is 2.32. The van der Waals surface area contributed by atoms with Gasteiger partial charge in [0.25, 0.3) is 5.69 Å². The molecule has 2 rings (SSSR count). The summed E-state index contributed by atoms with van der Waals surface area (Å²) < 4.78 is 1.69. The average Bonchev–Trinajstić information content (AvgIpc) is 2.82. The molecule has 1 aromatic carbocycles. The number of rotatable bonds is 3.